The molecule has 1 amide bonds. The number of hydrogen-bond acceptors (Lipinski definition) is 5. The molecule has 0 radical (unpaired) electrons. The first-order valence-electron chi connectivity index (χ1n) is 16.9. The number of alkyl halides is 3. The van der Waals surface area contributed by atoms with Gasteiger partial charge in [-0.05, 0) is 72.7 Å². The Kier molecular flexibility index (Phi) is 10.4. The second-order valence-corrected chi connectivity index (χ2v) is 13.0. The molecule has 0 unspecified atom stereocenters. The lowest BCUT2D eigenvalue weighted by molar-refractivity contribution is -0.137. The summed E-state index contributed by atoms with van der Waals surface area (Å²) in [5.74, 6) is -1.99. The van der Waals surface area contributed by atoms with Gasteiger partial charge in [0.1, 0.15) is 12.2 Å². The minimum Gasteiger partial charge on any atom is -0.336 e. The standard InChI is InChI=1S/C38H40F5N5O2/c1-3-46-19-17-30(18-20-46)48(22-25-7-9-26(10-8-25)27-11-14-29(15-12-27)38(41,42)43)35(50)24-47-31(16-13-28-5-4-6-32(39)36(28)40)21-34(49)37-33(47)23-45(2)44-37/h4-12,14-15,21,30,44H,3,13,16-20,22-24H2,1-2H3. The van der Waals surface area contributed by atoms with Crippen LogP contribution in [0.3, 0.4) is 0 Å². The maximum Gasteiger partial charge on any atom is 0.416 e. The van der Waals surface area contributed by atoms with Gasteiger partial charge in [0.25, 0.3) is 0 Å². The predicted molar refractivity (Wildman–Crippen MR) is 182 cm³/mol. The van der Waals surface area contributed by atoms with Gasteiger partial charge in [0.05, 0.1) is 17.8 Å². The summed E-state index contributed by atoms with van der Waals surface area (Å²) in [5.41, 5.74) is 6.22. The smallest absolute Gasteiger partial charge is 0.336 e. The van der Waals surface area contributed by atoms with Crippen LogP contribution >= 0.6 is 0 Å². The number of benzene rings is 3. The number of hydrogen-bond donors (Lipinski definition) is 1. The van der Waals surface area contributed by atoms with Gasteiger partial charge in [0, 0.05) is 44.5 Å². The third-order valence-electron chi connectivity index (χ3n) is 9.79. The molecule has 3 aromatic carbocycles. The molecule has 2 aliphatic heterocycles. The SMILES string of the molecule is CCN1CCC(N(Cc2ccc(-c3ccc(C(F)(F)F)cc3)cc2)C(=O)Cn2c(CCc3cccc(F)c3F)cc(=O)c3c2CN(C)N3)CC1. The van der Waals surface area contributed by atoms with Gasteiger partial charge in [-0.2, -0.15) is 13.2 Å². The number of rotatable bonds is 10. The van der Waals surface area contributed by atoms with Crippen molar-refractivity contribution in [1.29, 1.82) is 0 Å². The monoisotopic (exact) mass is 693 g/mol. The van der Waals surface area contributed by atoms with Crippen molar-refractivity contribution in [2.75, 3.05) is 32.1 Å². The summed E-state index contributed by atoms with van der Waals surface area (Å²) >= 11 is 0. The Bertz CT molecular complexity index is 1880. The molecular formula is C38H40F5N5O2. The molecule has 1 saturated heterocycles. The van der Waals surface area contributed by atoms with Gasteiger partial charge in [0.15, 0.2) is 11.6 Å². The molecular weight excluding hydrogens is 653 g/mol. The van der Waals surface area contributed by atoms with Crippen LogP contribution in [0.4, 0.5) is 27.6 Å². The molecule has 1 aromatic heterocycles. The van der Waals surface area contributed by atoms with Crippen molar-refractivity contribution in [2.45, 2.75) is 64.5 Å². The summed E-state index contributed by atoms with van der Waals surface area (Å²) in [6.45, 7) is 5.39. The zero-order valence-corrected chi connectivity index (χ0v) is 28.1. The van der Waals surface area contributed by atoms with Crippen LogP contribution in [-0.2, 0) is 43.4 Å². The van der Waals surface area contributed by atoms with Gasteiger partial charge in [-0.3, -0.25) is 9.59 Å². The molecule has 0 atom stereocenters. The van der Waals surface area contributed by atoms with Crippen molar-refractivity contribution in [3.8, 4) is 11.1 Å². The summed E-state index contributed by atoms with van der Waals surface area (Å²) in [7, 11) is 1.80. The number of aryl methyl sites for hydroxylation is 2. The number of hydrazine groups is 1. The van der Waals surface area contributed by atoms with Gasteiger partial charge in [0.2, 0.25) is 11.3 Å². The minimum atomic E-state index is -4.41. The fourth-order valence-corrected chi connectivity index (χ4v) is 6.94. The van der Waals surface area contributed by atoms with Gasteiger partial charge >= 0.3 is 6.18 Å². The number of fused-ring (bicyclic) bond motifs is 1. The van der Waals surface area contributed by atoms with E-state index in [2.05, 4.69) is 17.2 Å². The van der Waals surface area contributed by atoms with E-state index in [-0.39, 0.29) is 42.3 Å². The number of amides is 1. The average molecular weight is 694 g/mol. The van der Waals surface area contributed by atoms with E-state index >= 15 is 0 Å². The average Bonchev–Trinajstić information content (AvgIpc) is 3.51. The molecule has 0 bridgehead atoms. The molecule has 0 saturated carbocycles. The van der Waals surface area contributed by atoms with Crippen LogP contribution in [0.5, 0.6) is 0 Å². The number of nitrogens with zero attached hydrogens (tertiary/aromatic N) is 4. The highest BCUT2D eigenvalue weighted by Gasteiger charge is 2.31. The van der Waals surface area contributed by atoms with Crippen molar-refractivity contribution in [2.24, 2.45) is 0 Å². The second kappa shape index (κ2) is 14.7. The molecule has 7 nitrogen and oxygen atoms in total. The summed E-state index contributed by atoms with van der Waals surface area (Å²) in [6.07, 6.45) is -2.46. The zero-order valence-electron chi connectivity index (χ0n) is 28.1. The van der Waals surface area contributed by atoms with Gasteiger partial charge < -0.3 is 19.8 Å². The lowest BCUT2D eigenvalue weighted by Gasteiger charge is -2.38. The van der Waals surface area contributed by atoms with Crippen LogP contribution in [0.2, 0.25) is 0 Å². The Morgan fingerprint density at radius 2 is 1.60 bits per heavy atom. The molecule has 3 heterocycles. The van der Waals surface area contributed by atoms with E-state index in [1.165, 1.54) is 30.3 Å². The van der Waals surface area contributed by atoms with Crippen LogP contribution in [-0.4, -0.2) is 58.0 Å². The number of nitrogens with one attached hydrogen (secondary N) is 1. The topological polar surface area (TPSA) is 60.8 Å². The van der Waals surface area contributed by atoms with Crippen molar-refractivity contribution < 1.29 is 26.7 Å². The van der Waals surface area contributed by atoms with Crippen molar-refractivity contribution >= 4 is 11.6 Å². The number of pyridine rings is 1. The van der Waals surface area contributed by atoms with Crippen LogP contribution in [0.1, 0.15) is 47.8 Å². The second-order valence-electron chi connectivity index (χ2n) is 13.0. The van der Waals surface area contributed by atoms with Crippen LogP contribution in [0.25, 0.3) is 11.1 Å². The van der Waals surface area contributed by atoms with E-state index in [1.54, 1.807) is 12.1 Å². The molecule has 1 N–H and O–H groups in total. The van der Waals surface area contributed by atoms with Crippen LogP contribution in [0, 0.1) is 11.6 Å². The molecule has 2 aliphatic rings. The number of anilines is 1. The first-order chi connectivity index (χ1) is 23.9. The Morgan fingerprint density at radius 3 is 2.24 bits per heavy atom. The van der Waals surface area contributed by atoms with E-state index in [9.17, 15) is 31.5 Å². The molecule has 12 heteroatoms. The molecule has 1 fully saturated rings. The van der Waals surface area contributed by atoms with E-state index < -0.39 is 23.4 Å². The largest absolute Gasteiger partial charge is 0.416 e. The first-order valence-corrected chi connectivity index (χ1v) is 16.9. The molecule has 264 valence electrons. The summed E-state index contributed by atoms with van der Waals surface area (Å²) in [6, 6.07) is 18.0. The molecule has 4 aromatic rings. The minimum absolute atomic E-state index is 0.0297. The summed E-state index contributed by atoms with van der Waals surface area (Å²) in [5, 5.41) is 1.76. The maximum atomic E-state index is 14.6. The molecule has 50 heavy (non-hydrogen) atoms. The third-order valence-corrected chi connectivity index (χ3v) is 9.79. The highest BCUT2D eigenvalue weighted by Crippen LogP contribution is 2.31. The molecule has 0 spiro atoms. The van der Waals surface area contributed by atoms with E-state index in [0.717, 1.165) is 61.8 Å². The van der Waals surface area contributed by atoms with Gasteiger partial charge in [-0.15, -0.1) is 0 Å². The Hall–Kier alpha value is -4.55. The number of likely N-dealkylation sites (tertiary alicyclic amines) is 1. The van der Waals surface area contributed by atoms with Gasteiger partial charge in [-0.25, -0.2) is 13.8 Å². The quantitative estimate of drug-likeness (QED) is 0.184. The molecule has 0 aliphatic carbocycles. The number of piperidine rings is 1. The van der Waals surface area contributed by atoms with Crippen LogP contribution in [0.15, 0.2) is 77.6 Å². The summed E-state index contributed by atoms with van der Waals surface area (Å²) < 4.78 is 69.6. The highest BCUT2D eigenvalue weighted by atomic mass is 19.4. The van der Waals surface area contributed by atoms with E-state index in [1.807, 2.05) is 33.7 Å². The number of aromatic nitrogens is 1. The van der Waals surface area contributed by atoms with E-state index in [4.69, 9.17) is 0 Å². The Balaban J connectivity index is 1.27. The van der Waals surface area contributed by atoms with Crippen molar-refractivity contribution in [3.63, 3.8) is 0 Å². The number of carbonyl (C=O) groups excluding carboxylic acids is 1. The summed E-state index contributed by atoms with van der Waals surface area (Å²) in [4.78, 5) is 31.8. The third kappa shape index (κ3) is 7.76. The van der Waals surface area contributed by atoms with Crippen LogP contribution < -0.4 is 10.9 Å². The lowest BCUT2D eigenvalue weighted by Crippen LogP contribution is -2.48. The predicted octanol–water partition coefficient (Wildman–Crippen LogP) is 6.88. The zero-order chi connectivity index (χ0) is 35.6. The van der Waals surface area contributed by atoms with E-state index in [0.29, 0.717) is 35.7 Å². The number of halogens is 5. The van der Waals surface area contributed by atoms with Gasteiger partial charge in [-0.1, -0.05) is 55.5 Å². The maximum absolute atomic E-state index is 14.6. The highest BCUT2D eigenvalue weighted by molar-refractivity contribution is 5.77. The number of carbonyl (C=O) groups is 1. The Morgan fingerprint density at radius 1 is 0.940 bits per heavy atom. The normalized spacial score (nSPS) is 15.6. The molecule has 6 rings (SSSR count). The Labute approximate surface area is 287 Å². The first kappa shape index (κ1) is 35.3. The fourth-order valence-electron chi connectivity index (χ4n) is 6.94. The lowest BCUT2D eigenvalue weighted by atomic mass is 10.00. The fraction of sp³-hybridized carbons (Fsp3) is 0.368. The van der Waals surface area contributed by atoms with Crippen molar-refractivity contribution in [1.82, 2.24) is 19.4 Å². The van der Waals surface area contributed by atoms with Crippen molar-refractivity contribution in [3.05, 3.63) is 123 Å².